The van der Waals surface area contributed by atoms with Crippen LogP contribution in [0.15, 0.2) is 12.1 Å². The van der Waals surface area contributed by atoms with E-state index in [-0.39, 0.29) is 0 Å². The Balaban J connectivity index is 2.39. The summed E-state index contributed by atoms with van der Waals surface area (Å²) in [4.78, 5) is 4.14. The van der Waals surface area contributed by atoms with Crippen LogP contribution in [0.25, 0.3) is 0 Å². The summed E-state index contributed by atoms with van der Waals surface area (Å²) >= 11 is 0. The van der Waals surface area contributed by atoms with Crippen LogP contribution in [0, 0.1) is 0 Å². The van der Waals surface area contributed by atoms with Gasteiger partial charge < -0.3 is 15.8 Å². The number of ether oxygens (including phenoxy) is 1. The molecule has 1 heterocycles. The first-order chi connectivity index (χ1) is 8.42. The Hall–Kier alpha value is -1.54. The molecule has 0 saturated heterocycles. The molecule has 4 N–H and O–H groups in total. The van der Waals surface area contributed by atoms with Crippen molar-refractivity contribution in [1.29, 1.82) is 0 Å². The van der Waals surface area contributed by atoms with Crippen LogP contribution in [0.3, 0.4) is 0 Å². The number of nitrogen functional groups attached to an aromatic ring is 1. The largest absolute Gasteiger partial charge is 0.481 e. The van der Waals surface area contributed by atoms with Gasteiger partial charge in [0.2, 0.25) is 15.9 Å². The minimum Gasteiger partial charge on any atom is -0.481 e. The van der Waals surface area contributed by atoms with Gasteiger partial charge in [-0.15, -0.1) is 0 Å². The van der Waals surface area contributed by atoms with Crippen LogP contribution >= 0.6 is 0 Å². The van der Waals surface area contributed by atoms with Crippen molar-refractivity contribution in [3.63, 3.8) is 0 Å². The number of anilines is 2. The van der Waals surface area contributed by atoms with Gasteiger partial charge in [-0.05, 0) is 12.5 Å². The molecule has 0 radical (unpaired) electrons. The maximum absolute atomic E-state index is 10.8. The number of aromatic nitrogens is 1. The molecule has 1 aromatic rings. The molecule has 0 saturated carbocycles. The Bertz CT molecular complexity index is 490. The van der Waals surface area contributed by atoms with Crippen LogP contribution in [0.5, 0.6) is 5.88 Å². The highest BCUT2D eigenvalue weighted by atomic mass is 32.2. The Morgan fingerprint density at radius 2 is 2.11 bits per heavy atom. The van der Waals surface area contributed by atoms with Crippen LogP contribution in [0.2, 0.25) is 0 Å². The zero-order chi connectivity index (χ0) is 13.6. The standard InChI is InChI=1S/C10H18N4O3S/c1-17-9-5-4-8(11)10(14-9)12-6-3-7-13-18(2,15)16/h4-5,13H,3,6-7,11H2,1-2H3,(H,12,14). The highest BCUT2D eigenvalue weighted by Gasteiger charge is 2.03. The second-order valence-corrected chi connectivity index (χ2v) is 5.57. The smallest absolute Gasteiger partial charge is 0.215 e. The third kappa shape index (κ3) is 5.19. The molecular formula is C10H18N4O3S. The first-order valence-electron chi connectivity index (χ1n) is 5.41. The van der Waals surface area contributed by atoms with E-state index in [1.54, 1.807) is 12.1 Å². The van der Waals surface area contributed by atoms with Crippen molar-refractivity contribution in [2.45, 2.75) is 6.42 Å². The fraction of sp³-hybridized carbons (Fsp3) is 0.500. The van der Waals surface area contributed by atoms with Crippen LogP contribution in [-0.2, 0) is 10.0 Å². The lowest BCUT2D eigenvalue weighted by Gasteiger charge is -2.09. The van der Waals surface area contributed by atoms with E-state index in [0.717, 1.165) is 6.26 Å². The second-order valence-electron chi connectivity index (χ2n) is 3.74. The molecule has 0 unspecified atom stereocenters. The molecular weight excluding hydrogens is 256 g/mol. The van der Waals surface area contributed by atoms with Crippen molar-refractivity contribution < 1.29 is 13.2 Å². The van der Waals surface area contributed by atoms with Gasteiger partial charge in [-0.25, -0.2) is 13.1 Å². The van der Waals surface area contributed by atoms with Gasteiger partial charge >= 0.3 is 0 Å². The van der Waals surface area contributed by atoms with E-state index in [2.05, 4.69) is 15.0 Å². The third-order valence-electron chi connectivity index (χ3n) is 2.12. The molecule has 0 aliphatic heterocycles. The van der Waals surface area contributed by atoms with E-state index in [0.29, 0.717) is 36.9 Å². The molecule has 0 bridgehead atoms. The van der Waals surface area contributed by atoms with Crippen molar-refractivity contribution in [1.82, 2.24) is 9.71 Å². The highest BCUT2D eigenvalue weighted by molar-refractivity contribution is 7.88. The number of rotatable bonds is 7. The van der Waals surface area contributed by atoms with Gasteiger partial charge in [0.1, 0.15) is 0 Å². The molecule has 0 atom stereocenters. The third-order valence-corrected chi connectivity index (χ3v) is 2.85. The zero-order valence-electron chi connectivity index (χ0n) is 10.4. The molecule has 0 amide bonds. The first-order valence-corrected chi connectivity index (χ1v) is 7.30. The average Bonchev–Trinajstić information content (AvgIpc) is 2.29. The summed E-state index contributed by atoms with van der Waals surface area (Å²) < 4.78 is 29.0. The van der Waals surface area contributed by atoms with Crippen molar-refractivity contribution in [2.24, 2.45) is 0 Å². The molecule has 1 aromatic heterocycles. The predicted octanol–water partition coefficient (Wildman–Crippen LogP) is 0.0236. The van der Waals surface area contributed by atoms with Gasteiger partial charge in [-0.2, -0.15) is 4.98 Å². The van der Waals surface area contributed by atoms with Gasteiger partial charge in [0.05, 0.1) is 19.1 Å². The number of nitrogens with one attached hydrogen (secondary N) is 2. The van der Waals surface area contributed by atoms with Gasteiger partial charge in [0.15, 0.2) is 5.82 Å². The number of hydrogen-bond acceptors (Lipinski definition) is 6. The summed E-state index contributed by atoms with van der Waals surface area (Å²) in [5.74, 6) is 1.01. The van der Waals surface area contributed by atoms with E-state index < -0.39 is 10.0 Å². The van der Waals surface area contributed by atoms with Gasteiger partial charge in [-0.1, -0.05) is 0 Å². The SMILES string of the molecule is COc1ccc(N)c(NCCCNS(C)(=O)=O)n1. The van der Waals surface area contributed by atoms with Crippen LogP contribution < -0.4 is 20.5 Å². The summed E-state index contributed by atoms with van der Waals surface area (Å²) in [6, 6.07) is 3.37. The average molecular weight is 274 g/mol. The summed E-state index contributed by atoms with van der Waals surface area (Å²) in [7, 11) is -1.60. The van der Waals surface area contributed by atoms with E-state index in [9.17, 15) is 8.42 Å². The lowest BCUT2D eigenvalue weighted by atomic mass is 10.3. The summed E-state index contributed by atoms with van der Waals surface area (Å²) in [6.07, 6.45) is 1.76. The normalized spacial score (nSPS) is 11.2. The van der Waals surface area contributed by atoms with Crippen molar-refractivity contribution in [2.75, 3.05) is 37.5 Å². The van der Waals surface area contributed by atoms with Crippen molar-refractivity contribution in [3.05, 3.63) is 12.1 Å². The van der Waals surface area contributed by atoms with E-state index >= 15 is 0 Å². The molecule has 1 rings (SSSR count). The number of hydrogen-bond donors (Lipinski definition) is 3. The number of sulfonamides is 1. The minimum atomic E-state index is -3.13. The van der Waals surface area contributed by atoms with Crippen molar-refractivity contribution in [3.8, 4) is 5.88 Å². The number of nitrogens with two attached hydrogens (primary N) is 1. The summed E-state index contributed by atoms with van der Waals surface area (Å²) in [5.41, 5.74) is 6.26. The Morgan fingerprint density at radius 3 is 2.72 bits per heavy atom. The molecule has 8 heteroatoms. The number of pyridine rings is 1. The van der Waals surface area contributed by atoms with Crippen LogP contribution in [0.4, 0.5) is 11.5 Å². The highest BCUT2D eigenvalue weighted by Crippen LogP contribution is 2.19. The number of methoxy groups -OCH3 is 1. The lowest BCUT2D eigenvalue weighted by molar-refractivity contribution is 0.398. The summed E-state index contributed by atoms with van der Waals surface area (Å²) in [6.45, 7) is 0.933. The van der Waals surface area contributed by atoms with Gasteiger partial charge in [-0.3, -0.25) is 0 Å². The molecule has 0 aliphatic carbocycles. The molecule has 0 aromatic carbocycles. The fourth-order valence-electron chi connectivity index (χ4n) is 1.26. The topological polar surface area (TPSA) is 106 Å². The molecule has 0 fully saturated rings. The molecule has 7 nitrogen and oxygen atoms in total. The Morgan fingerprint density at radius 1 is 1.39 bits per heavy atom. The van der Waals surface area contributed by atoms with E-state index in [1.165, 1.54) is 7.11 Å². The van der Waals surface area contributed by atoms with Gasteiger partial charge in [0.25, 0.3) is 0 Å². The quantitative estimate of drug-likeness (QED) is 0.605. The predicted molar refractivity (Wildman–Crippen MR) is 71.2 cm³/mol. The number of nitrogens with zero attached hydrogens (tertiary/aromatic N) is 1. The van der Waals surface area contributed by atoms with Crippen LogP contribution in [-0.4, -0.2) is 39.9 Å². The van der Waals surface area contributed by atoms with E-state index in [1.807, 2.05) is 0 Å². The maximum Gasteiger partial charge on any atom is 0.215 e. The zero-order valence-corrected chi connectivity index (χ0v) is 11.3. The lowest BCUT2D eigenvalue weighted by Crippen LogP contribution is -2.24. The summed E-state index contributed by atoms with van der Waals surface area (Å²) in [5, 5.41) is 3.02. The maximum atomic E-state index is 10.8. The minimum absolute atomic E-state index is 0.371. The second kappa shape index (κ2) is 6.41. The van der Waals surface area contributed by atoms with Crippen LogP contribution in [0.1, 0.15) is 6.42 Å². The molecule has 0 spiro atoms. The molecule has 0 aliphatic rings. The Labute approximate surface area is 107 Å². The Kier molecular flexibility index (Phi) is 5.17. The molecule has 18 heavy (non-hydrogen) atoms. The monoisotopic (exact) mass is 274 g/mol. The fourth-order valence-corrected chi connectivity index (χ4v) is 1.78. The van der Waals surface area contributed by atoms with E-state index in [4.69, 9.17) is 10.5 Å². The molecule has 102 valence electrons. The van der Waals surface area contributed by atoms with Crippen molar-refractivity contribution >= 4 is 21.5 Å². The first kappa shape index (κ1) is 14.5. The van der Waals surface area contributed by atoms with Gasteiger partial charge in [0, 0.05) is 19.2 Å².